The van der Waals surface area contributed by atoms with Gasteiger partial charge in [-0.3, -0.25) is 4.79 Å². The Morgan fingerprint density at radius 2 is 0.695 bits per heavy atom. The molecule has 2 N–H and O–H groups in total. The van der Waals surface area contributed by atoms with Gasteiger partial charge in [0, 0.05) is 18.9 Å². The van der Waals surface area contributed by atoms with Gasteiger partial charge in [-0.25, -0.2) is 0 Å². The van der Waals surface area contributed by atoms with E-state index in [4.69, 9.17) is 28.4 Å². The maximum Gasteiger partial charge on any atom is 0.220 e. The summed E-state index contributed by atoms with van der Waals surface area (Å²) in [6.07, 6.45) is 44.2. The maximum atomic E-state index is 14.7. The zero-order valence-corrected chi connectivity index (χ0v) is 59.7. The molecule has 1 fully saturated rings. The summed E-state index contributed by atoms with van der Waals surface area (Å²) in [6, 6.07) is 50.8. The van der Waals surface area contributed by atoms with Crippen molar-refractivity contribution in [1.29, 1.82) is 0 Å². The summed E-state index contributed by atoms with van der Waals surface area (Å²) in [5.41, 5.74) is 5.23. The number of benzene rings is 5. The molecule has 0 aliphatic heterocycles. The van der Waals surface area contributed by atoms with Crippen LogP contribution in [0.15, 0.2) is 152 Å². The van der Waals surface area contributed by atoms with Crippen LogP contribution in [-0.4, -0.2) is 66.9 Å². The lowest BCUT2D eigenvalue weighted by atomic mass is 9.80. The number of unbranched alkanes of at least 4 members (excludes halogenated alkanes) is 33. The number of carbonyl (C=O) groups excluding carboxylic acids is 1. The minimum absolute atomic E-state index is 0.00483. The van der Waals surface area contributed by atoms with Crippen LogP contribution in [0.25, 0.3) is 0 Å². The summed E-state index contributed by atoms with van der Waals surface area (Å²) in [5.74, 6) is -0.347. The van der Waals surface area contributed by atoms with E-state index in [1.807, 2.05) is 66.7 Å². The van der Waals surface area contributed by atoms with E-state index in [0.717, 1.165) is 66.3 Å². The molecule has 0 unspecified atom stereocenters. The molecule has 0 heterocycles. The summed E-state index contributed by atoms with van der Waals surface area (Å²) in [4.78, 5) is 14.7. The van der Waals surface area contributed by atoms with Crippen LogP contribution < -0.4 is 5.32 Å². The molecule has 95 heavy (non-hydrogen) atoms. The van der Waals surface area contributed by atoms with E-state index in [2.05, 4.69) is 104 Å². The van der Waals surface area contributed by atoms with Gasteiger partial charge in [-0.05, 0) is 47.1 Å². The van der Waals surface area contributed by atoms with Crippen molar-refractivity contribution in [3.8, 4) is 0 Å². The van der Waals surface area contributed by atoms with E-state index < -0.39 is 36.6 Å². The molecule has 9 heteroatoms. The Bertz CT molecular complexity index is 2520. The number of aliphatic hydroxyl groups is 1. The molecule has 1 aliphatic carbocycles. The minimum atomic E-state index is -0.622. The summed E-state index contributed by atoms with van der Waals surface area (Å²) in [5, 5.41) is 15.0. The van der Waals surface area contributed by atoms with Gasteiger partial charge in [-0.15, -0.1) is 0 Å². The Morgan fingerprint density at radius 1 is 0.379 bits per heavy atom. The topological polar surface area (TPSA) is 105 Å². The molecule has 8 atom stereocenters. The molecule has 5 aromatic rings. The summed E-state index contributed by atoms with van der Waals surface area (Å²) >= 11 is 0. The number of aliphatic hydroxyl groups excluding tert-OH is 1. The lowest BCUT2D eigenvalue weighted by Gasteiger charge is -2.46. The molecule has 528 valence electrons. The standard InChI is InChI=1S/C86H131NO8/c1-3-5-7-9-11-13-15-17-18-19-20-21-22-23-24-25-26-27-29-31-33-35-52-64-82(89)87-79(84(93-69-75-57-45-38-46-58-75)80(90-67-73-53-41-36-42-54-73)63-51-34-32-30-28-16-14-12-10-8-6-4-2)72-91-81-65-78(66-88)83(92-68-74-55-43-37-44-56-74)86(95-71-77-61-49-40-50-62-77)85(81)94-70-76-59-47-39-48-60-76/h36-50,53-62,78-81,83-86,88H,3-35,51-52,63-72H2,1-2H3,(H,87,89)/t78-,79+,80-,81+,83+,84+,85+,86+/m1/s1. The Balaban J connectivity index is 1.15. The van der Waals surface area contributed by atoms with Crippen molar-refractivity contribution in [3.63, 3.8) is 0 Å². The van der Waals surface area contributed by atoms with Crippen molar-refractivity contribution >= 4 is 5.91 Å². The van der Waals surface area contributed by atoms with Crippen molar-refractivity contribution < 1.29 is 38.3 Å². The number of rotatable bonds is 59. The highest BCUT2D eigenvalue weighted by atomic mass is 16.6. The summed E-state index contributed by atoms with van der Waals surface area (Å²) in [6.45, 7) is 6.33. The fourth-order valence-corrected chi connectivity index (χ4v) is 13.8. The number of amides is 1. The molecule has 0 saturated heterocycles. The van der Waals surface area contributed by atoms with E-state index >= 15 is 0 Å². The second-order valence-corrected chi connectivity index (χ2v) is 27.8. The number of hydrogen-bond donors (Lipinski definition) is 2. The predicted molar refractivity (Wildman–Crippen MR) is 394 cm³/mol. The molecular formula is C86H131NO8. The first-order valence-corrected chi connectivity index (χ1v) is 38.8. The second kappa shape index (κ2) is 53.3. The van der Waals surface area contributed by atoms with E-state index in [1.165, 1.54) is 193 Å². The van der Waals surface area contributed by atoms with Crippen LogP contribution in [0.4, 0.5) is 0 Å². The number of ether oxygens (including phenoxy) is 6. The van der Waals surface area contributed by atoms with Gasteiger partial charge in [0.05, 0.1) is 64.0 Å². The van der Waals surface area contributed by atoms with Crippen molar-refractivity contribution in [2.45, 2.75) is 334 Å². The van der Waals surface area contributed by atoms with Crippen LogP contribution in [0.5, 0.6) is 0 Å². The quantitative estimate of drug-likeness (QED) is 0.0371. The zero-order chi connectivity index (χ0) is 66.5. The van der Waals surface area contributed by atoms with E-state index in [1.54, 1.807) is 0 Å². The highest BCUT2D eigenvalue weighted by molar-refractivity contribution is 5.76. The van der Waals surface area contributed by atoms with Crippen molar-refractivity contribution in [2.75, 3.05) is 13.2 Å². The molecule has 9 nitrogen and oxygen atoms in total. The zero-order valence-electron chi connectivity index (χ0n) is 59.7. The van der Waals surface area contributed by atoms with Gasteiger partial charge in [0.25, 0.3) is 0 Å². The Kier molecular flexibility index (Phi) is 44.5. The SMILES string of the molecule is CCCCCCCCCCCCCCCCCCCCCCCCCC(=O)N[C@@H](CO[C@H]1C[C@H](CO)[C@H](OCc2ccccc2)[C@H](OCc2ccccc2)[C@H]1OCc1ccccc1)[C@H](OCc1ccccc1)[C@@H](CCCCCCCCCCCCCC)OCc1ccccc1. The average molecular weight is 1310 g/mol. The third-order valence-corrected chi connectivity index (χ3v) is 19.6. The monoisotopic (exact) mass is 1310 g/mol. The molecule has 0 bridgehead atoms. The van der Waals surface area contributed by atoms with E-state index in [0.29, 0.717) is 45.9 Å². The van der Waals surface area contributed by atoms with Crippen LogP contribution >= 0.6 is 0 Å². The molecule has 0 spiro atoms. The van der Waals surface area contributed by atoms with Crippen LogP contribution in [0.1, 0.15) is 286 Å². The smallest absolute Gasteiger partial charge is 0.220 e. The normalized spacial score (nSPS) is 17.4. The van der Waals surface area contributed by atoms with Gasteiger partial charge in [-0.1, -0.05) is 384 Å². The summed E-state index contributed by atoms with van der Waals surface area (Å²) < 4.78 is 42.8. The lowest BCUT2D eigenvalue weighted by Crippen LogP contribution is -2.59. The van der Waals surface area contributed by atoms with Gasteiger partial charge in [0.1, 0.15) is 18.3 Å². The van der Waals surface area contributed by atoms with E-state index in [-0.39, 0.29) is 31.1 Å². The molecule has 1 amide bonds. The first-order chi connectivity index (χ1) is 47.0. The molecular weight excluding hydrogens is 1170 g/mol. The third kappa shape index (κ3) is 35.6. The van der Waals surface area contributed by atoms with Gasteiger partial charge < -0.3 is 38.8 Å². The number of carbonyl (C=O) groups is 1. The molecule has 1 aliphatic rings. The molecule has 1 saturated carbocycles. The Morgan fingerprint density at radius 3 is 1.06 bits per heavy atom. The molecule has 0 radical (unpaired) electrons. The van der Waals surface area contributed by atoms with E-state index in [9.17, 15) is 9.90 Å². The van der Waals surface area contributed by atoms with Crippen LogP contribution in [-0.2, 0) is 66.3 Å². The first kappa shape index (κ1) is 79.3. The first-order valence-electron chi connectivity index (χ1n) is 38.8. The maximum absolute atomic E-state index is 14.7. The fourth-order valence-electron chi connectivity index (χ4n) is 13.8. The molecule has 0 aromatic heterocycles. The van der Waals surface area contributed by atoms with Crippen molar-refractivity contribution in [1.82, 2.24) is 5.32 Å². The molecule has 5 aromatic carbocycles. The van der Waals surface area contributed by atoms with Crippen molar-refractivity contribution in [3.05, 3.63) is 179 Å². The average Bonchev–Trinajstić information content (AvgIpc) is 0.825. The lowest BCUT2D eigenvalue weighted by molar-refractivity contribution is -0.233. The molecule has 6 rings (SSSR count). The Hall–Kier alpha value is -4.71. The third-order valence-electron chi connectivity index (χ3n) is 19.6. The van der Waals surface area contributed by atoms with Crippen LogP contribution in [0.3, 0.4) is 0 Å². The highest BCUT2D eigenvalue weighted by Crippen LogP contribution is 2.36. The Labute approximate surface area is 578 Å². The number of hydrogen-bond acceptors (Lipinski definition) is 8. The van der Waals surface area contributed by atoms with Crippen LogP contribution in [0.2, 0.25) is 0 Å². The van der Waals surface area contributed by atoms with Gasteiger partial charge in [-0.2, -0.15) is 0 Å². The van der Waals surface area contributed by atoms with Gasteiger partial charge >= 0.3 is 0 Å². The summed E-state index contributed by atoms with van der Waals surface area (Å²) in [7, 11) is 0. The highest BCUT2D eigenvalue weighted by Gasteiger charge is 2.48. The minimum Gasteiger partial charge on any atom is -0.396 e. The van der Waals surface area contributed by atoms with Gasteiger partial charge in [0.15, 0.2) is 0 Å². The second-order valence-electron chi connectivity index (χ2n) is 27.8. The fraction of sp³-hybridized carbons (Fsp3) is 0.640. The predicted octanol–water partition coefficient (Wildman–Crippen LogP) is 22.3. The van der Waals surface area contributed by atoms with Crippen molar-refractivity contribution in [2.24, 2.45) is 5.92 Å². The van der Waals surface area contributed by atoms with Gasteiger partial charge in [0.2, 0.25) is 5.91 Å². The number of nitrogens with one attached hydrogen (secondary N) is 1. The largest absolute Gasteiger partial charge is 0.396 e. The van der Waals surface area contributed by atoms with Crippen LogP contribution in [0, 0.1) is 5.92 Å².